The van der Waals surface area contributed by atoms with Crippen molar-refractivity contribution < 1.29 is 53.1 Å². The summed E-state index contributed by atoms with van der Waals surface area (Å²) in [6.45, 7) is 8.58. The Morgan fingerprint density at radius 3 is 1.69 bits per heavy atom. The first-order valence-electron chi connectivity index (χ1n) is 27.4. The summed E-state index contributed by atoms with van der Waals surface area (Å²) in [6.07, 6.45) is 5.22. The van der Waals surface area contributed by atoms with Gasteiger partial charge in [-0.05, 0) is 108 Å². The van der Waals surface area contributed by atoms with E-state index >= 15 is 0 Å². The average molecular weight is 1130 g/mol. The number of carboxylic acid groups (broad SMARTS) is 1. The fourth-order valence-corrected chi connectivity index (χ4v) is 9.18. The second kappa shape index (κ2) is 34.4. The molecule has 3 rings (SSSR count). The molecule has 9 atom stereocenters. The average Bonchev–Trinajstić information content (AvgIpc) is 4.22. The van der Waals surface area contributed by atoms with Crippen LogP contribution in [0.5, 0.6) is 0 Å². The van der Waals surface area contributed by atoms with Crippen LogP contribution in [-0.4, -0.2) is 178 Å². The van der Waals surface area contributed by atoms with Crippen molar-refractivity contribution in [2.24, 2.45) is 56.2 Å². The lowest BCUT2D eigenvalue weighted by atomic mass is 9.98. The molecular formula is C50H87N19O11. The van der Waals surface area contributed by atoms with E-state index in [4.69, 9.17) is 34.4 Å². The number of unbranched alkanes of at least 4 members (excludes halogenated alkanes) is 1. The van der Waals surface area contributed by atoms with Crippen LogP contribution in [0.4, 0.5) is 0 Å². The normalized spacial score (nSPS) is 17.6. The highest BCUT2D eigenvalue weighted by Gasteiger charge is 2.40. The lowest BCUT2D eigenvalue weighted by Gasteiger charge is -2.30. The van der Waals surface area contributed by atoms with E-state index in [0.29, 0.717) is 50.9 Å². The number of carboxylic acids is 1. The molecule has 0 aromatic carbocycles. The predicted molar refractivity (Wildman–Crippen MR) is 295 cm³/mol. The number of primary amides is 1. The van der Waals surface area contributed by atoms with Crippen LogP contribution in [-0.2, 0) is 54.4 Å². The SMILES string of the molecule is CC(C)C[C@H](NC(=O)[C@@H](NC(=O)[C@@H]1CCCN1C(=O)[C@@H]1CCCN1)C(C)C)C(=O)N[C@@H](CCCCN)C(=O)N[C@@H](CCCN=C(N)N)C(=O)N[C@@H](Cc1cnc[nH]1)C(=O)N[C@@H](CCC(N)=O)C(=O)N[C@@H](CCCN=C(N)N)C(=O)O. The monoisotopic (exact) mass is 1130 g/mol. The Hall–Kier alpha value is -7.63. The standard InChI is InChI=1S/C50H87N19O11/c1-27(2)23-35(67-46(77)39(28(3)4)68-45(76)37-15-10-22-69(37)47(78)33-13-8-19-58-33)43(74)63-30(11-5-6-18-51)40(71)62-31(12-7-20-59-49(53)54)41(72)66-36(24-29-25-57-26-61-29)44(75)64-32(16-17-38(52)70)42(73)65-34(48(79)80)14-9-21-60-50(55)56/h25-28,30-37,39,58H,5-24,51H2,1-4H3,(H2,52,70)(H,57,61)(H,62,71)(H,63,74)(H,64,75)(H,65,73)(H,66,72)(H,67,77)(H,68,76)(H,79,80)(H4,53,54,59)(H4,55,56,60)/t30-,31-,32-,33-,34-,35-,36-,37-,39-/m0/s1. The van der Waals surface area contributed by atoms with Crippen molar-refractivity contribution >= 4 is 71.1 Å². The van der Waals surface area contributed by atoms with Gasteiger partial charge in [-0.2, -0.15) is 0 Å². The van der Waals surface area contributed by atoms with E-state index in [0.717, 1.165) is 6.42 Å². The van der Waals surface area contributed by atoms with Gasteiger partial charge in [0, 0.05) is 44.4 Å². The van der Waals surface area contributed by atoms with Gasteiger partial charge in [0.05, 0.1) is 12.4 Å². The number of nitrogens with one attached hydrogen (secondary N) is 9. The van der Waals surface area contributed by atoms with E-state index < -0.39 is 114 Å². The Kier molecular flexibility index (Phi) is 28.7. The van der Waals surface area contributed by atoms with Gasteiger partial charge in [-0.3, -0.25) is 53.1 Å². The van der Waals surface area contributed by atoms with Gasteiger partial charge in [-0.1, -0.05) is 27.7 Å². The molecular weight excluding hydrogens is 1040 g/mol. The number of aliphatic imine (C=N–C) groups is 2. The molecule has 80 heavy (non-hydrogen) atoms. The number of carbonyl (C=O) groups excluding carboxylic acids is 9. The molecule has 9 amide bonds. The molecule has 0 bridgehead atoms. The highest BCUT2D eigenvalue weighted by molar-refractivity contribution is 5.98. The highest BCUT2D eigenvalue weighted by atomic mass is 16.4. The summed E-state index contributed by atoms with van der Waals surface area (Å²) in [5, 5.41) is 31.7. The number of nitrogens with zero attached hydrogens (tertiary/aromatic N) is 4. The zero-order valence-corrected chi connectivity index (χ0v) is 46.4. The molecule has 2 fully saturated rings. The maximum absolute atomic E-state index is 14.5. The molecule has 448 valence electrons. The van der Waals surface area contributed by atoms with Gasteiger partial charge in [0.25, 0.3) is 0 Å². The minimum atomic E-state index is -1.54. The molecule has 2 saturated heterocycles. The summed E-state index contributed by atoms with van der Waals surface area (Å²) in [5.74, 6) is -8.96. The van der Waals surface area contributed by atoms with Crippen molar-refractivity contribution in [2.75, 3.05) is 32.7 Å². The topological polar surface area (TPSA) is 500 Å². The first kappa shape index (κ1) is 66.6. The molecule has 1 aromatic rings. The lowest BCUT2D eigenvalue weighted by molar-refractivity contribution is -0.142. The summed E-state index contributed by atoms with van der Waals surface area (Å²) < 4.78 is 0. The number of likely N-dealkylation sites (tertiary alicyclic amines) is 1. The second-order valence-electron chi connectivity index (χ2n) is 20.9. The van der Waals surface area contributed by atoms with Gasteiger partial charge in [-0.15, -0.1) is 0 Å². The number of H-pyrrole nitrogens is 1. The van der Waals surface area contributed by atoms with Crippen LogP contribution in [0.3, 0.4) is 0 Å². The quantitative estimate of drug-likeness (QED) is 0.0171. The second-order valence-corrected chi connectivity index (χ2v) is 20.9. The van der Waals surface area contributed by atoms with E-state index in [1.165, 1.54) is 12.5 Å². The van der Waals surface area contributed by atoms with E-state index in [2.05, 4.69) is 62.5 Å². The molecule has 2 aliphatic rings. The number of amides is 9. The van der Waals surface area contributed by atoms with Gasteiger partial charge in [0.2, 0.25) is 53.2 Å². The highest BCUT2D eigenvalue weighted by Crippen LogP contribution is 2.22. The largest absolute Gasteiger partial charge is 0.480 e. The number of hydrogen-bond donors (Lipinski definition) is 16. The maximum Gasteiger partial charge on any atom is 0.326 e. The lowest BCUT2D eigenvalue weighted by Crippen LogP contribution is -2.61. The number of aliphatic carboxylic acids is 1. The summed E-state index contributed by atoms with van der Waals surface area (Å²) in [6, 6.07) is -10.7. The number of carbonyl (C=O) groups is 10. The number of aromatic amines is 1. The van der Waals surface area contributed by atoms with Gasteiger partial charge in [0.1, 0.15) is 48.3 Å². The maximum atomic E-state index is 14.5. The van der Waals surface area contributed by atoms with E-state index in [-0.39, 0.29) is 101 Å². The van der Waals surface area contributed by atoms with Gasteiger partial charge >= 0.3 is 5.97 Å². The van der Waals surface area contributed by atoms with Crippen LogP contribution in [0, 0.1) is 11.8 Å². The van der Waals surface area contributed by atoms with Crippen molar-refractivity contribution in [3.05, 3.63) is 18.2 Å². The van der Waals surface area contributed by atoms with Crippen LogP contribution in [0.25, 0.3) is 0 Å². The third-order valence-corrected chi connectivity index (χ3v) is 13.4. The summed E-state index contributed by atoms with van der Waals surface area (Å²) >= 11 is 0. The van der Waals surface area contributed by atoms with Crippen molar-refractivity contribution in [1.82, 2.24) is 57.4 Å². The summed E-state index contributed by atoms with van der Waals surface area (Å²) in [7, 11) is 0. The first-order valence-corrected chi connectivity index (χ1v) is 27.4. The van der Waals surface area contributed by atoms with Gasteiger partial charge < -0.3 is 91.9 Å². The zero-order valence-electron chi connectivity index (χ0n) is 46.4. The molecule has 2 aliphatic heterocycles. The Bertz CT molecular complexity index is 2280. The van der Waals surface area contributed by atoms with Crippen LogP contribution in [0.2, 0.25) is 0 Å². The Labute approximate surface area is 465 Å². The zero-order chi connectivity index (χ0) is 59.5. The first-order chi connectivity index (χ1) is 37.9. The fraction of sp³-hybridized carbons (Fsp3) is 0.700. The van der Waals surface area contributed by atoms with Crippen molar-refractivity contribution in [2.45, 2.75) is 178 Å². The number of imidazole rings is 1. The minimum absolute atomic E-state index is 0.0162. The molecule has 22 N–H and O–H groups in total. The summed E-state index contributed by atoms with van der Waals surface area (Å²) in [4.78, 5) is 153. The van der Waals surface area contributed by atoms with Crippen molar-refractivity contribution in [1.29, 1.82) is 0 Å². The molecule has 30 heteroatoms. The number of hydrogen-bond acceptors (Lipinski definition) is 15. The van der Waals surface area contributed by atoms with Crippen LogP contribution >= 0.6 is 0 Å². The third-order valence-electron chi connectivity index (χ3n) is 13.4. The van der Waals surface area contributed by atoms with Crippen LogP contribution in [0.1, 0.15) is 123 Å². The van der Waals surface area contributed by atoms with E-state index in [1.54, 1.807) is 18.7 Å². The summed E-state index contributed by atoms with van der Waals surface area (Å²) in [5.41, 5.74) is 33.4. The van der Waals surface area contributed by atoms with Crippen molar-refractivity contribution in [3.8, 4) is 0 Å². The van der Waals surface area contributed by atoms with Crippen LogP contribution in [0.15, 0.2) is 22.5 Å². The third kappa shape index (κ3) is 23.4. The number of guanidine groups is 2. The number of aromatic nitrogens is 2. The van der Waals surface area contributed by atoms with Crippen LogP contribution < -0.4 is 76.9 Å². The van der Waals surface area contributed by atoms with E-state index in [9.17, 15) is 53.1 Å². The molecule has 0 unspecified atom stereocenters. The molecule has 0 saturated carbocycles. The Morgan fingerprint density at radius 1 is 0.662 bits per heavy atom. The molecule has 1 aromatic heterocycles. The van der Waals surface area contributed by atoms with Crippen molar-refractivity contribution in [3.63, 3.8) is 0 Å². The van der Waals surface area contributed by atoms with Gasteiger partial charge in [-0.25, -0.2) is 9.78 Å². The number of nitrogens with two attached hydrogens (primary N) is 6. The fourth-order valence-electron chi connectivity index (χ4n) is 9.18. The molecule has 3 heterocycles. The Morgan fingerprint density at radius 2 is 1.19 bits per heavy atom. The molecule has 0 radical (unpaired) electrons. The smallest absolute Gasteiger partial charge is 0.326 e. The van der Waals surface area contributed by atoms with Gasteiger partial charge in [0.15, 0.2) is 11.9 Å². The Balaban J connectivity index is 1.90. The molecule has 0 aliphatic carbocycles. The predicted octanol–water partition coefficient (Wildman–Crippen LogP) is -4.62. The molecule has 30 nitrogen and oxygen atoms in total. The minimum Gasteiger partial charge on any atom is -0.480 e. The van der Waals surface area contributed by atoms with E-state index in [1.807, 2.05) is 13.8 Å². The number of rotatable bonds is 36. The molecule has 0 spiro atoms.